The standard InChI is InChI=1S/C21H22FN3O2S/c1-3-6-19-20(26)25(14-15-9-11-17(22)12-10-15)21(28-19)24-23-13-16-7-4-5-8-18(16)27-2/h4-5,7-13,19H,3,6,14H2,1-2H3/b23-13+,24-21+. The second kappa shape index (κ2) is 9.50. The van der Waals surface area contributed by atoms with Crippen molar-refractivity contribution in [2.75, 3.05) is 7.11 Å². The zero-order valence-electron chi connectivity index (χ0n) is 15.8. The van der Waals surface area contributed by atoms with E-state index in [1.807, 2.05) is 31.2 Å². The van der Waals surface area contributed by atoms with Crippen LogP contribution in [0.15, 0.2) is 58.7 Å². The Labute approximate surface area is 168 Å². The molecule has 1 atom stereocenters. The van der Waals surface area contributed by atoms with E-state index in [1.54, 1.807) is 30.4 Å². The van der Waals surface area contributed by atoms with Crippen LogP contribution in [0.4, 0.5) is 4.39 Å². The number of para-hydroxylation sites is 1. The Morgan fingerprint density at radius 1 is 1.21 bits per heavy atom. The molecule has 0 N–H and O–H groups in total. The van der Waals surface area contributed by atoms with Crippen LogP contribution >= 0.6 is 11.8 Å². The number of carbonyl (C=O) groups excluding carboxylic acids is 1. The average molecular weight is 399 g/mol. The highest BCUT2D eigenvalue weighted by atomic mass is 32.2. The molecule has 0 saturated carbocycles. The van der Waals surface area contributed by atoms with Crippen LogP contribution < -0.4 is 4.74 Å². The molecule has 1 unspecified atom stereocenters. The zero-order chi connectivity index (χ0) is 19.9. The van der Waals surface area contributed by atoms with Crippen LogP contribution in [0, 0.1) is 5.82 Å². The van der Waals surface area contributed by atoms with Crippen LogP contribution in [0.2, 0.25) is 0 Å². The minimum atomic E-state index is -0.301. The summed E-state index contributed by atoms with van der Waals surface area (Å²) in [6, 6.07) is 13.6. The van der Waals surface area contributed by atoms with Gasteiger partial charge in [0.25, 0.3) is 0 Å². The van der Waals surface area contributed by atoms with Crippen LogP contribution in [0.25, 0.3) is 0 Å². The van der Waals surface area contributed by atoms with E-state index in [-0.39, 0.29) is 17.0 Å². The van der Waals surface area contributed by atoms with Crippen molar-refractivity contribution in [3.05, 3.63) is 65.5 Å². The van der Waals surface area contributed by atoms with Gasteiger partial charge in [0, 0.05) is 5.56 Å². The predicted octanol–water partition coefficient (Wildman–Crippen LogP) is 4.47. The summed E-state index contributed by atoms with van der Waals surface area (Å²) in [6.07, 6.45) is 3.30. The van der Waals surface area contributed by atoms with Gasteiger partial charge in [0.2, 0.25) is 5.91 Å². The van der Waals surface area contributed by atoms with Crippen LogP contribution in [-0.2, 0) is 11.3 Å². The third kappa shape index (κ3) is 4.78. The van der Waals surface area contributed by atoms with Gasteiger partial charge >= 0.3 is 0 Å². The van der Waals surface area contributed by atoms with E-state index in [2.05, 4.69) is 10.2 Å². The van der Waals surface area contributed by atoms with Crippen molar-refractivity contribution < 1.29 is 13.9 Å². The van der Waals surface area contributed by atoms with Gasteiger partial charge < -0.3 is 4.74 Å². The Hall–Kier alpha value is -2.67. The van der Waals surface area contributed by atoms with Crippen molar-refractivity contribution in [3.8, 4) is 5.75 Å². The van der Waals surface area contributed by atoms with Gasteiger partial charge in [0.1, 0.15) is 11.6 Å². The molecular weight excluding hydrogens is 377 g/mol. The minimum absolute atomic E-state index is 0.0161. The van der Waals surface area contributed by atoms with Crippen LogP contribution in [0.3, 0.4) is 0 Å². The zero-order valence-corrected chi connectivity index (χ0v) is 16.7. The molecule has 3 rings (SSSR count). The number of carbonyl (C=O) groups is 1. The molecule has 1 aliphatic heterocycles. The van der Waals surface area contributed by atoms with E-state index < -0.39 is 0 Å². The number of hydrogen-bond acceptors (Lipinski definition) is 5. The lowest BCUT2D eigenvalue weighted by molar-refractivity contribution is -0.126. The maximum Gasteiger partial charge on any atom is 0.242 e. The fraction of sp³-hybridized carbons (Fsp3) is 0.286. The summed E-state index contributed by atoms with van der Waals surface area (Å²) in [4.78, 5) is 14.4. The van der Waals surface area contributed by atoms with Gasteiger partial charge in [-0.3, -0.25) is 9.69 Å². The molecule has 0 spiro atoms. The summed E-state index contributed by atoms with van der Waals surface area (Å²) in [6.45, 7) is 2.39. The second-order valence-corrected chi connectivity index (χ2v) is 7.48. The maximum absolute atomic E-state index is 13.2. The number of halogens is 1. The Morgan fingerprint density at radius 2 is 1.96 bits per heavy atom. The highest BCUT2D eigenvalue weighted by Crippen LogP contribution is 2.31. The van der Waals surface area contributed by atoms with Crippen molar-refractivity contribution in [2.45, 2.75) is 31.6 Å². The molecular formula is C21H22FN3O2S. The summed E-state index contributed by atoms with van der Waals surface area (Å²) < 4.78 is 18.5. The number of amides is 1. The van der Waals surface area contributed by atoms with E-state index in [1.165, 1.54) is 23.9 Å². The summed E-state index contributed by atoms with van der Waals surface area (Å²) in [7, 11) is 1.60. The third-order valence-electron chi connectivity index (χ3n) is 4.30. The molecule has 0 radical (unpaired) electrons. The van der Waals surface area contributed by atoms with E-state index in [0.29, 0.717) is 17.5 Å². The first kappa shape index (κ1) is 20.1. The largest absolute Gasteiger partial charge is 0.496 e. The number of rotatable bonds is 7. The van der Waals surface area contributed by atoms with E-state index >= 15 is 0 Å². The monoisotopic (exact) mass is 399 g/mol. The Kier molecular flexibility index (Phi) is 6.81. The molecule has 1 saturated heterocycles. The van der Waals surface area contributed by atoms with Crippen molar-refractivity contribution in [2.24, 2.45) is 10.2 Å². The Balaban J connectivity index is 1.82. The quantitative estimate of drug-likeness (QED) is 0.510. The number of amidine groups is 1. The smallest absolute Gasteiger partial charge is 0.242 e. The molecule has 1 aliphatic rings. The number of nitrogens with zero attached hydrogens (tertiary/aromatic N) is 3. The van der Waals surface area contributed by atoms with Crippen LogP contribution in [0.5, 0.6) is 5.75 Å². The molecule has 0 aromatic heterocycles. The first-order valence-corrected chi connectivity index (χ1v) is 9.97. The van der Waals surface area contributed by atoms with E-state index in [9.17, 15) is 9.18 Å². The van der Waals surface area contributed by atoms with Crippen molar-refractivity contribution >= 4 is 29.1 Å². The first-order chi connectivity index (χ1) is 13.6. The SMILES string of the molecule is CCCC1S/C(=N/N=C/c2ccccc2OC)N(Cc2ccc(F)cc2)C1=O. The van der Waals surface area contributed by atoms with Crippen molar-refractivity contribution in [3.63, 3.8) is 0 Å². The minimum Gasteiger partial charge on any atom is -0.496 e. The summed E-state index contributed by atoms with van der Waals surface area (Å²) in [5.74, 6) is 0.418. The van der Waals surface area contributed by atoms with Gasteiger partial charge in [0.15, 0.2) is 5.17 Å². The van der Waals surface area contributed by atoms with Crippen LogP contribution in [-0.4, -0.2) is 34.5 Å². The molecule has 7 heteroatoms. The molecule has 5 nitrogen and oxygen atoms in total. The molecule has 1 heterocycles. The lowest BCUT2D eigenvalue weighted by Gasteiger charge is -2.15. The maximum atomic E-state index is 13.2. The fourth-order valence-corrected chi connectivity index (χ4v) is 4.08. The first-order valence-electron chi connectivity index (χ1n) is 9.09. The molecule has 2 aromatic carbocycles. The summed E-state index contributed by atoms with van der Waals surface area (Å²) >= 11 is 1.43. The molecule has 2 aromatic rings. The van der Waals surface area contributed by atoms with E-state index in [0.717, 1.165) is 24.0 Å². The highest BCUT2D eigenvalue weighted by Gasteiger charge is 2.37. The fourth-order valence-electron chi connectivity index (χ4n) is 2.86. The van der Waals surface area contributed by atoms with Gasteiger partial charge in [-0.2, -0.15) is 5.10 Å². The van der Waals surface area contributed by atoms with Gasteiger partial charge in [-0.05, 0) is 36.2 Å². The number of methoxy groups -OCH3 is 1. The molecule has 0 aliphatic carbocycles. The average Bonchev–Trinajstić information content (AvgIpc) is 2.99. The third-order valence-corrected chi connectivity index (χ3v) is 5.54. The topological polar surface area (TPSA) is 54.3 Å². The van der Waals surface area contributed by atoms with E-state index in [4.69, 9.17) is 4.74 Å². The Bertz CT molecular complexity index is 883. The Morgan fingerprint density at radius 3 is 2.68 bits per heavy atom. The van der Waals surface area contributed by atoms with Gasteiger partial charge in [0.05, 0.1) is 25.1 Å². The van der Waals surface area contributed by atoms with Gasteiger partial charge in [-0.25, -0.2) is 4.39 Å². The van der Waals surface area contributed by atoms with Crippen molar-refractivity contribution in [1.29, 1.82) is 0 Å². The van der Waals surface area contributed by atoms with Gasteiger partial charge in [-0.15, -0.1) is 5.10 Å². The second-order valence-electron chi connectivity index (χ2n) is 6.32. The molecule has 28 heavy (non-hydrogen) atoms. The lowest BCUT2D eigenvalue weighted by atomic mass is 10.2. The van der Waals surface area contributed by atoms with Gasteiger partial charge in [-0.1, -0.05) is 49.4 Å². The number of ether oxygens (including phenoxy) is 1. The summed E-state index contributed by atoms with van der Waals surface area (Å²) in [5, 5.41) is 8.87. The number of hydrogen-bond donors (Lipinski definition) is 0. The molecule has 146 valence electrons. The molecule has 1 amide bonds. The van der Waals surface area contributed by atoms with Crippen LogP contribution in [0.1, 0.15) is 30.9 Å². The summed E-state index contributed by atoms with van der Waals surface area (Å²) in [5.41, 5.74) is 1.65. The normalized spacial score (nSPS) is 18.4. The predicted molar refractivity (Wildman–Crippen MR) is 111 cm³/mol. The molecule has 0 bridgehead atoms. The number of thioether (sulfide) groups is 1. The lowest BCUT2D eigenvalue weighted by Crippen LogP contribution is -2.31. The number of benzene rings is 2. The van der Waals surface area contributed by atoms with Crippen molar-refractivity contribution in [1.82, 2.24) is 4.90 Å². The molecule has 1 fully saturated rings. The highest BCUT2D eigenvalue weighted by molar-refractivity contribution is 8.15.